The molecule has 0 spiro atoms. The van der Waals surface area contributed by atoms with E-state index in [4.69, 9.17) is 0 Å². The lowest BCUT2D eigenvalue weighted by atomic mass is 10.1. The molecule has 0 radical (unpaired) electrons. The van der Waals surface area contributed by atoms with Gasteiger partial charge in [-0.15, -0.1) is 12.4 Å². The van der Waals surface area contributed by atoms with Crippen molar-refractivity contribution in [1.82, 2.24) is 10.0 Å². The molecule has 0 saturated carbocycles. The van der Waals surface area contributed by atoms with Crippen molar-refractivity contribution in [2.75, 3.05) is 19.6 Å². The maximum absolute atomic E-state index is 13.5. The van der Waals surface area contributed by atoms with E-state index in [-0.39, 0.29) is 25.0 Å². The minimum absolute atomic E-state index is 0. The number of benzene rings is 1. The molecule has 1 aromatic rings. The van der Waals surface area contributed by atoms with Gasteiger partial charge >= 0.3 is 0 Å². The van der Waals surface area contributed by atoms with Gasteiger partial charge in [0.15, 0.2) is 28.2 Å². The molecular formula is C12H13ClF4N2O2S. The summed E-state index contributed by atoms with van der Waals surface area (Å²) >= 11 is 0. The van der Waals surface area contributed by atoms with Gasteiger partial charge in [0.2, 0.25) is 10.0 Å². The third-order valence-electron chi connectivity index (χ3n) is 2.99. The van der Waals surface area contributed by atoms with Crippen molar-refractivity contribution in [3.8, 4) is 0 Å². The molecule has 0 aromatic heterocycles. The molecule has 10 heteroatoms. The predicted octanol–water partition coefficient (Wildman–Crippen LogP) is 1.86. The second kappa shape index (κ2) is 7.40. The molecular weight excluding hydrogens is 348 g/mol. The van der Waals surface area contributed by atoms with Crippen LogP contribution in [0.2, 0.25) is 0 Å². The Bertz CT molecular complexity index is 669. The highest BCUT2D eigenvalue weighted by atomic mass is 35.5. The number of nitrogens with one attached hydrogen (secondary N) is 2. The first-order chi connectivity index (χ1) is 9.83. The van der Waals surface area contributed by atoms with Crippen molar-refractivity contribution < 1.29 is 26.0 Å². The summed E-state index contributed by atoms with van der Waals surface area (Å²) in [5.74, 6) is -7.42. The molecule has 1 heterocycles. The van der Waals surface area contributed by atoms with Gasteiger partial charge in [-0.2, -0.15) is 0 Å². The Morgan fingerprint density at radius 2 is 1.73 bits per heavy atom. The summed E-state index contributed by atoms with van der Waals surface area (Å²) in [4.78, 5) is -1.64. The maximum atomic E-state index is 13.5. The van der Waals surface area contributed by atoms with Gasteiger partial charge in [0.1, 0.15) is 0 Å². The van der Waals surface area contributed by atoms with E-state index >= 15 is 0 Å². The van der Waals surface area contributed by atoms with E-state index in [0.29, 0.717) is 19.5 Å². The lowest BCUT2D eigenvalue weighted by molar-refractivity contribution is 0.418. The van der Waals surface area contributed by atoms with Gasteiger partial charge in [0, 0.05) is 19.2 Å². The molecule has 0 amide bonds. The van der Waals surface area contributed by atoms with Crippen LogP contribution in [-0.2, 0) is 10.0 Å². The van der Waals surface area contributed by atoms with Crippen LogP contribution in [0.5, 0.6) is 0 Å². The van der Waals surface area contributed by atoms with Crippen LogP contribution in [0.25, 0.3) is 0 Å². The van der Waals surface area contributed by atoms with Gasteiger partial charge in [-0.05, 0) is 13.0 Å². The smallest absolute Gasteiger partial charge is 0.246 e. The lowest BCUT2D eigenvalue weighted by Gasteiger charge is -2.15. The molecule has 0 fully saturated rings. The third kappa shape index (κ3) is 3.97. The van der Waals surface area contributed by atoms with Crippen molar-refractivity contribution in [3.63, 3.8) is 0 Å². The molecule has 0 aliphatic carbocycles. The van der Waals surface area contributed by atoms with Gasteiger partial charge in [0.25, 0.3) is 0 Å². The quantitative estimate of drug-likeness (QED) is 0.489. The standard InChI is InChI=1S/C12H12F4N2O2S.ClH/c13-8-5-9(14)11(16)12(10(8)15)21(19,20)18-6-7-1-3-17-4-2-7;/h1,5,17-18H,2-4,6H2;1H. The van der Waals surface area contributed by atoms with Crippen molar-refractivity contribution in [3.05, 3.63) is 41.0 Å². The van der Waals surface area contributed by atoms with Gasteiger partial charge in [-0.1, -0.05) is 11.6 Å². The summed E-state index contributed by atoms with van der Waals surface area (Å²) in [6.07, 6.45) is 2.29. The average molecular weight is 361 g/mol. The molecule has 2 rings (SSSR count). The molecule has 1 aromatic carbocycles. The zero-order valence-corrected chi connectivity index (χ0v) is 12.8. The van der Waals surface area contributed by atoms with Crippen LogP contribution in [0.15, 0.2) is 22.6 Å². The van der Waals surface area contributed by atoms with Crippen LogP contribution >= 0.6 is 12.4 Å². The van der Waals surface area contributed by atoms with E-state index in [1.54, 1.807) is 6.08 Å². The normalized spacial score (nSPS) is 15.2. The van der Waals surface area contributed by atoms with Gasteiger partial charge < -0.3 is 5.32 Å². The average Bonchev–Trinajstić information content (AvgIpc) is 2.44. The fourth-order valence-electron chi connectivity index (χ4n) is 1.88. The maximum Gasteiger partial charge on any atom is 0.246 e. The number of halogens is 5. The summed E-state index contributed by atoms with van der Waals surface area (Å²) in [6, 6.07) is -0.0426. The fourth-order valence-corrected chi connectivity index (χ4v) is 3.06. The second-order valence-corrected chi connectivity index (χ2v) is 6.14. The van der Waals surface area contributed by atoms with E-state index in [0.717, 1.165) is 5.57 Å². The summed E-state index contributed by atoms with van der Waals surface area (Å²) < 4.78 is 78.7. The van der Waals surface area contributed by atoms with Crippen molar-refractivity contribution in [2.45, 2.75) is 11.3 Å². The summed E-state index contributed by atoms with van der Waals surface area (Å²) in [5, 5.41) is 3.00. The third-order valence-corrected chi connectivity index (χ3v) is 4.41. The predicted molar refractivity (Wildman–Crippen MR) is 74.3 cm³/mol. The molecule has 0 unspecified atom stereocenters. The Labute approximate surface area is 131 Å². The molecule has 0 atom stereocenters. The van der Waals surface area contributed by atoms with E-state index < -0.39 is 38.2 Å². The lowest BCUT2D eigenvalue weighted by Crippen LogP contribution is -2.31. The SMILES string of the molecule is Cl.O=S(=O)(NCC1=CCNCC1)c1c(F)c(F)cc(F)c1F. The first-order valence-electron chi connectivity index (χ1n) is 6.04. The highest BCUT2D eigenvalue weighted by Crippen LogP contribution is 2.23. The van der Waals surface area contributed by atoms with Gasteiger partial charge in [-0.25, -0.2) is 30.7 Å². The Balaban J connectivity index is 0.00000242. The van der Waals surface area contributed by atoms with Crippen molar-refractivity contribution >= 4 is 22.4 Å². The topological polar surface area (TPSA) is 58.2 Å². The zero-order chi connectivity index (χ0) is 15.6. The van der Waals surface area contributed by atoms with E-state index in [2.05, 4.69) is 5.32 Å². The van der Waals surface area contributed by atoms with Crippen LogP contribution in [-0.4, -0.2) is 28.1 Å². The minimum atomic E-state index is -4.71. The van der Waals surface area contributed by atoms with E-state index in [9.17, 15) is 26.0 Å². The highest BCUT2D eigenvalue weighted by Gasteiger charge is 2.29. The van der Waals surface area contributed by atoms with Gasteiger partial charge in [-0.3, -0.25) is 0 Å². The largest absolute Gasteiger partial charge is 0.313 e. The number of sulfonamides is 1. The fraction of sp³-hybridized carbons (Fsp3) is 0.333. The zero-order valence-electron chi connectivity index (χ0n) is 11.1. The molecule has 2 N–H and O–H groups in total. The van der Waals surface area contributed by atoms with Crippen LogP contribution in [0.1, 0.15) is 6.42 Å². The number of hydrogen-bond acceptors (Lipinski definition) is 3. The Hall–Kier alpha value is -1.16. The van der Waals surface area contributed by atoms with Crippen molar-refractivity contribution in [2.24, 2.45) is 0 Å². The Kier molecular flexibility index (Phi) is 6.36. The summed E-state index contributed by atoms with van der Waals surface area (Å²) in [6.45, 7) is 1.01. The van der Waals surface area contributed by atoms with Crippen LogP contribution in [0, 0.1) is 23.3 Å². The molecule has 1 aliphatic heterocycles. The second-order valence-electron chi connectivity index (χ2n) is 4.44. The first-order valence-corrected chi connectivity index (χ1v) is 7.52. The van der Waals surface area contributed by atoms with Gasteiger partial charge in [0.05, 0.1) is 0 Å². The molecule has 0 bridgehead atoms. The van der Waals surface area contributed by atoms with E-state index in [1.165, 1.54) is 0 Å². The van der Waals surface area contributed by atoms with Crippen LogP contribution < -0.4 is 10.0 Å². The highest BCUT2D eigenvalue weighted by molar-refractivity contribution is 7.89. The molecule has 124 valence electrons. The molecule has 4 nitrogen and oxygen atoms in total. The van der Waals surface area contributed by atoms with Crippen LogP contribution in [0.4, 0.5) is 17.6 Å². The molecule has 0 saturated heterocycles. The van der Waals surface area contributed by atoms with Crippen LogP contribution in [0.3, 0.4) is 0 Å². The Morgan fingerprint density at radius 3 is 2.23 bits per heavy atom. The van der Waals surface area contributed by atoms with Crippen molar-refractivity contribution in [1.29, 1.82) is 0 Å². The summed E-state index contributed by atoms with van der Waals surface area (Å²) in [5.41, 5.74) is 0.718. The molecule has 22 heavy (non-hydrogen) atoms. The first kappa shape index (κ1) is 18.9. The minimum Gasteiger partial charge on any atom is -0.313 e. The summed E-state index contributed by atoms with van der Waals surface area (Å²) in [7, 11) is -4.71. The monoisotopic (exact) mass is 360 g/mol. The Morgan fingerprint density at radius 1 is 1.14 bits per heavy atom. The van der Waals surface area contributed by atoms with E-state index in [1.807, 2.05) is 4.72 Å². The molecule has 1 aliphatic rings. The number of hydrogen-bond donors (Lipinski definition) is 2. The number of rotatable bonds is 4.